The molecule has 3 aromatic rings. The van der Waals surface area contributed by atoms with E-state index >= 15 is 0 Å². The number of halogens is 1. The van der Waals surface area contributed by atoms with Crippen LogP contribution in [0, 0.1) is 19.7 Å². The van der Waals surface area contributed by atoms with Gasteiger partial charge in [-0.25, -0.2) is 9.37 Å². The van der Waals surface area contributed by atoms with E-state index in [2.05, 4.69) is 4.98 Å². The lowest BCUT2D eigenvalue weighted by atomic mass is 10.1. The first-order valence-corrected chi connectivity index (χ1v) is 10.1. The summed E-state index contributed by atoms with van der Waals surface area (Å²) in [4.78, 5) is 45.3. The second-order valence-electron chi connectivity index (χ2n) is 7.77. The Labute approximate surface area is 178 Å². The van der Waals surface area contributed by atoms with Gasteiger partial charge < -0.3 is 4.90 Å². The highest BCUT2D eigenvalue weighted by atomic mass is 19.1. The van der Waals surface area contributed by atoms with Crippen molar-refractivity contribution < 1.29 is 9.18 Å². The van der Waals surface area contributed by atoms with Gasteiger partial charge in [-0.15, -0.1) is 0 Å². The highest BCUT2D eigenvalue weighted by molar-refractivity contribution is 5.95. The van der Waals surface area contributed by atoms with Gasteiger partial charge in [0.15, 0.2) is 0 Å². The van der Waals surface area contributed by atoms with Gasteiger partial charge in [-0.05, 0) is 56.2 Å². The molecule has 1 amide bonds. The van der Waals surface area contributed by atoms with Gasteiger partial charge in [-0.3, -0.25) is 23.5 Å². The van der Waals surface area contributed by atoms with Crippen molar-refractivity contribution in [1.29, 1.82) is 0 Å². The Morgan fingerprint density at radius 1 is 1.00 bits per heavy atom. The molecule has 2 aromatic heterocycles. The SMILES string of the molecule is Cc1ccn(-c2ccc(F)cc2)c(=O)c1C(=O)N1CCc2nc(C)n(C)c(=O)c2CC1. The molecule has 7 nitrogen and oxygen atoms in total. The first-order valence-electron chi connectivity index (χ1n) is 10.1. The summed E-state index contributed by atoms with van der Waals surface area (Å²) in [7, 11) is 1.68. The molecule has 0 saturated carbocycles. The van der Waals surface area contributed by atoms with Gasteiger partial charge in [0, 0.05) is 44.0 Å². The van der Waals surface area contributed by atoms with Crippen LogP contribution in [0.3, 0.4) is 0 Å². The summed E-state index contributed by atoms with van der Waals surface area (Å²) in [5.41, 5.74) is 1.91. The summed E-state index contributed by atoms with van der Waals surface area (Å²) in [5.74, 6) is -0.149. The summed E-state index contributed by atoms with van der Waals surface area (Å²) in [6, 6.07) is 7.22. The smallest absolute Gasteiger partial charge is 0.268 e. The van der Waals surface area contributed by atoms with Gasteiger partial charge in [0.2, 0.25) is 0 Å². The van der Waals surface area contributed by atoms with Gasteiger partial charge in [0.05, 0.1) is 5.69 Å². The molecule has 0 saturated heterocycles. The Kier molecular flexibility index (Phi) is 5.31. The van der Waals surface area contributed by atoms with Gasteiger partial charge >= 0.3 is 0 Å². The zero-order chi connectivity index (χ0) is 22.3. The molecule has 0 unspecified atom stereocenters. The van der Waals surface area contributed by atoms with Crippen molar-refractivity contribution >= 4 is 5.91 Å². The summed E-state index contributed by atoms with van der Waals surface area (Å²) < 4.78 is 16.1. The molecule has 4 rings (SSSR count). The summed E-state index contributed by atoms with van der Waals surface area (Å²) in [5, 5.41) is 0. The molecule has 8 heteroatoms. The number of benzene rings is 1. The second-order valence-corrected chi connectivity index (χ2v) is 7.77. The highest BCUT2D eigenvalue weighted by Crippen LogP contribution is 2.15. The largest absolute Gasteiger partial charge is 0.338 e. The van der Waals surface area contributed by atoms with Crippen LogP contribution >= 0.6 is 0 Å². The van der Waals surface area contributed by atoms with Crippen LogP contribution in [0.1, 0.15) is 33.0 Å². The highest BCUT2D eigenvalue weighted by Gasteiger charge is 2.26. The van der Waals surface area contributed by atoms with Crippen molar-refractivity contribution in [1.82, 2.24) is 19.0 Å². The summed E-state index contributed by atoms with van der Waals surface area (Å²) in [6.07, 6.45) is 2.42. The third-order valence-corrected chi connectivity index (χ3v) is 5.85. The van der Waals surface area contributed by atoms with Crippen molar-refractivity contribution in [3.8, 4) is 5.69 Å². The van der Waals surface area contributed by atoms with Crippen molar-refractivity contribution in [2.45, 2.75) is 26.7 Å². The number of fused-ring (bicyclic) bond motifs is 1. The summed E-state index contributed by atoms with van der Waals surface area (Å²) >= 11 is 0. The van der Waals surface area contributed by atoms with Crippen molar-refractivity contribution in [2.24, 2.45) is 7.05 Å². The fourth-order valence-electron chi connectivity index (χ4n) is 3.92. The molecule has 0 fully saturated rings. The van der Waals surface area contributed by atoms with E-state index < -0.39 is 11.4 Å². The van der Waals surface area contributed by atoms with Crippen LogP contribution < -0.4 is 11.1 Å². The number of pyridine rings is 1. The molecule has 160 valence electrons. The average molecular weight is 422 g/mol. The maximum absolute atomic E-state index is 13.4. The molecular formula is C23H23FN4O3. The molecule has 0 bridgehead atoms. The molecule has 0 spiro atoms. The predicted molar refractivity (Wildman–Crippen MR) is 114 cm³/mol. The van der Waals surface area contributed by atoms with Crippen LogP contribution in [0.15, 0.2) is 46.1 Å². The lowest BCUT2D eigenvalue weighted by Crippen LogP contribution is -2.38. The van der Waals surface area contributed by atoms with E-state index in [1.165, 1.54) is 33.4 Å². The molecule has 1 aliphatic heterocycles. The van der Waals surface area contributed by atoms with Crippen molar-refractivity contribution in [2.75, 3.05) is 13.1 Å². The molecule has 1 aliphatic rings. The number of aryl methyl sites for hydroxylation is 2. The van der Waals surface area contributed by atoms with E-state index in [0.29, 0.717) is 54.3 Å². The van der Waals surface area contributed by atoms with Crippen LogP contribution in [0.2, 0.25) is 0 Å². The molecule has 31 heavy (non-hydrogen) atoms. The van der Waals surface area contributed by atoms with E-state index in [9.17, 15) is 18.8 Å². The number of amides is 1. The fraction of sp³-hybridized carbons (Fsp3) is 0.304. The third kappa shape index (κ3) is 3.69. The molecule has 1 aromatic carbocycles. The molecule has 0 radical (unpaired) electrons. The Balaban J connectivity index is 1.68. The molecule has 0 N–H and O–H groups in total. The number of hydrogen-bond acceptors (Lipinski definition) is 4. The van der Waals surface area contributed by atoms with Crippen molar-refractivity contribution in [3.05, 3.63) is 91.3 Å². The van der Waals surface area contributed by atoms with Crippen LogP contribution in [0.4, 0.5) is 4.39 Å². The Morgan fingerprint density at radius 2 is 1.68 bits per heavy atom. The Morgan fingerprint density at radius 3 is 2.39 bits per heavy atom. The Bertz CT molecular complexity index is 1290. The molecule has 3 heterocycles. The Hall–Kier alpha value is -3.55. The van der Waals surface area contributed by atoms with E-state index in [-0.39, 0.29) is 17.0 Å². The summed E-state index contributed by atoms with van der Waals surface area (Å²) in [6.45, 7) is 4.20. The number of rotatable bonds is 2. The van der Waals surface area contributed by atoms with Gasteiger partial charge in [0.25, 0.3) is 17.0 Å². The lowest BCUT2D eigenvalue weighted by molar-refractivity contribution is 0.0760. The number of carbonyl (C=O) groups excluding carboxylic acids is 1. The van der Waals surface area contributed by atoms with Crippen LogP contribution in [0.5, 0.6) is 0 Å². The first kappa shape index (κ1) is 20.7. The normalized spacial score (nSPS) is 13.6. The molecule has 0 atom stereocenters. The van der Waals surface area contributed by atoms with Gasteiger partial charge in [-0.2, -0.15) is 0 Å². The van der Waals surface area contributed by atoms with E-state index in [1.54, 1.807) is 38.1 Å². The average Bonchev–Trinajstić information content (AvgIpc) is 2.96. The fourth-order valence-corrected chi connectivity index (χ4v) is 3.92. The first-order chi connectivity index (χ1) is 14.8. The predicted octanol–water partition coefficient (Wildman–Crippen LogP) is 1.93. The van der Waals surface area contributed by atoms with Gasteiger partial charge in [-0.1, -0.05) is 0 Å². The quantitative estimate of drug-likeness (QED) is 0.632. The maximum Gasteiger partial charge on any atom is 0.268 e. The second kappa shape index (κ2) is 7.94. The van der Waals surface area contributed by atoms with Crippen LogP contribution in [-0.4, -0.2) is 38.0 Å². The minimum atomic E-state index is -0.455. The number of hydrogen-bond donors (Lipinski definition) is 0. The van der Waals surface area contributed by atoms with Crippen LogP contribution in [-0.2, 0) is 19.9 Å². The number of aromatic nitrogens is 3. The minimum Gasteiger partial charge on any atom is -0.338 e. The zero-order valence-electron chi connectivity index (χ0n) is 17.7. The van der Waals surface area contributed by atoms with Gasteiger partial charge in [0.1, 0.15) is 17.2 Å². The van der Waals surface area contributed by atoms with E-state index in [4.69, 9.17) is 0 Å². The maximum atomic E-state index is 13.4. The molecule has 0 aliphatic carbocycles. The zero-order valence-corrected chi connectivity index (χ0v) is 17.7. The van der Waals surface area contributed by atoms with Crippen molar-refractivity contribution in [3.63, 3.8) is 0 Å². The van der Waals surface area contributed by atoms with E-state index in [1.807, 2.05) is 0 Å². The van der Waals surface area contributed by atoms with Crippen LogP contribution in [0.25, 0.3) is 5.69 Å². The monoisotopic (exact) mass is 422 g/mol. The van der Waals surface area contributed by atoms with E-state index in [0.717, 1.165) is 0 Å². The lowest BCUT2D eigenvalue weighted by Gasteiger charge is -2.21. The molecular weight excluding hydrogens is 399 g/mol. The standard InChI is InChI=1S/C23H23FN4O3/c1-14-8-13-28(17-6-4-16(24)5-7-17)23(31)20(14)22(30)27-11-9-18-19(10-12-27)25-15(2)26(3)21(18)29/h4-8,13H,9-12H2,1-3H3. The number of carbonyl (C=O) groups is 1. The topological polar surface area (TPSA) is 77.2 Å². The number of nitrogens with zero attached hydrogens (tertiary/aromatic N) is 4. The minimum absolute atomic E-state index is 0.0785. The third-order valence-electron chi connectivity index (χ3n) is 5.85.